The average Bonchev–Trinajstić information content (AvgIpc) is 2.58. The fraction of sp³-hybridized carbons (Fsp3) is 0.500. The Hall–Kier alpha value is -3.31. The van der Waals surface area contributed by atoms with E-state index in [0.29, 0.717) is 19.3 Å². The van der Waals surface area contributed by atoms with E-state index in [-0.39, 0.29) is 17.3 Å². The summed E-state index contributed by atoms with van der Waals surface area (Å²) in [6.45, 7) is 0. The number of amides is 1. The van der Waals surface area contributed by atoms with Crippen LogP contribution in [0.1, 0.15) is 19.3 Å². The van der Waals surface area contributed by atoms with E-state index < -0.39 is 41.8 Å². The third kappa shape index (κ3) is 8.23. The minimum Gasteiger partial charge on any atom is -0.475 e. The number of hydrogen-bond acceptors (Lipinski definition) is 6. The molecule has 34 heavy (non-hydrogen) atoms. The molecule has 3 fully saturated rings. The predicted molar refractivity (Wildman–Crippen MR) is 90.1 cm³/mol. The van der Waals surface area contributed by atoms with Crippen molar-refractivity contribution in [2.45, 2.75) is 43.5 Å². The molecule has 1 heterocycles. The van der Waals surface area contributed by atoms with Crippen LogP contribution in [0.2, 0.25) is 0 Å². The summed E-state index contributed by atoms with van der Waals surface area (Å²) in [5, 5.41) is 16.8. The van der Waals surface area contributed by atoms with E-state index in [2.05, 4.69) is 15.0 Å². The Labute approximate surface area is 182 Å². The summed E-state index contributed by atoms with van der Waals surface area (Å²) in [5.41, 5.74) is 5.27. The average molecular weight is 515 g/mol. The molecule has 0 aromatic carbocycles. The third-order valence-corrected chi connectivity index (χ3v) is 4.25. The second-order valence-electron chi connectivity index (χ2n) is 7.16. The van der Waals surface area contributed by atoms with Gasteiger partial charge >= 0.3 is 30.7 Å². The molecule has 1 aromatic rings. The highest BCUT2D eigenvalue weighted by molar-refractivity contribution is 5.97. The van der Waals surface area contributed by atoms with Gasteiger partial charge in [0.25, 0.3) is 0 Å². The van der Waals surface area contributed by atoms with Crippen LogP contribution in [0.25, 0.3) is 0 Å². The molecule has 2 bridgehead atoms. The highest BCUT2D eigenvalue weighted by atomic mass is 19.4. The number of anilines is 1. The van der Waals surface area contributed by atoms with Gasteiger partial charge in [0.1, 0.15) is 11.6 Å². The van der Waals surface area contributed by atoms with Gasteiger partial charge in [-0.1, -0.05) is 0 Å². The number of aliphatic carboxylic acids is 2. The minimum absolute atomic E-state index is 0.179. The van der Waals surface area contributed by atoms with E-state index in [1.807, 2.05) is 0 Å². The molecule has 0 saturated heterocycles. The van der Waals surface area contributed by atoms with Crippen molar-refractivity contribution >= 4 is 23.7 Å². The summed E-state index contributed by atoms with van der Waals surface area (Å²) < 4.78 is 103. The number of carbonyl (C=O) groups excluding carboxylic acids is 1. The van der Waals surface area contributed by atoms with Gasteiger partial charge in [0.05, 0.1) is 11.6 Å². The molecule has 5 N–H and O–H groups in total. The lowest BCUT2D eigenvalue weighted by Crippen LogP contribution is -2.75. The number of pyridine rings is 1. The first-order valence-corrected chi connectivity index (χ1v) is 8.51. The Bertz CT molecular complexity index is 869. The summed E-state index contributed by atoms with van der Waals surface area (Å²) in [4.78, 5) is 33.5. The van der Waals surface area contributed by atoms with Gasteiger partial charge < -0.3 is 26.0 Å². The highest BCUT2D eigenvalue weighted by Gasteiger charge is 2.69. The smallest absolute Gasteiger partial charge is 0.475 e. The molecular weight excluding hydrogens is 501 g/mol. The van der Waals surface area contributed by atoms with Crippen molar-refractivity contribution < 1.29 is 68.8 Å². The summed E-state index contributed by atoms with van der Waals surface area (Å²) in [5.74, 6) is -5.93. The lowest BCUT2D eigenvalue weighted by Gasteiger charge is -2.67. The van der Waals surface area contributed by atoms with Gasteiger partial charge in [-0.05, 0) is 31.4 Å². The number of nitrogens with zero attached hydrogens (tertiary/aromatic N) is 1. The van der Waals surface area contributed by atoms with Crippen LogP contribution in [-0.2, 0) is 14.4 Å². The number of carboxylic acids is 2. The number of rotatable bonds is 3. The molecule has 1 aromatic heterocycles. The predicted octanol–water partition coefficient (Wildman–Crippen LogP) is 3.07. The van der Waals surface area contributed by atoms with Crippen LogP contribution in [0.15, 0.2) is 18.3 Å². The van der Waals surface area contributed by atoms with Crippen LogP contribution in [0, 0.1) is 5.41 Å². The number of ether oxygens (including phenoxy) is 1. The standard InChI is InChI=1S/C12H12F3N3O2.2C2HF3O2/c13-12(14,15)20-7-1-2-8(17-3-7)18-9(19)10-4-11(16,5-10)6-10;2*3-2(4,5)1(6)7/h1-3H,4-6,16H2,(H,17,18,19);2*(H,6,7). The van der Waals surface area contributed by atoms with Crippen molar-refractivity contribution in [2.24, 2.45) is 11.1 Å². The lowest BCUT2D eigenvalue weighted by atomic mass is 9.39. The molecular formula is C16H14F9N3O6. The molecule has 0 aliphatic heterocycles. The van der Waals surface area contributed by atoms with E-state index in [1.165, 1.54) is 6.07 Å². The topological polar surface area (TPSA) is 152 Å². The Morgan fingerprint density at radius 3 is 1.59 bits per heavy atom. The first-order chi connectivity index (χ1) is 15.1. The molecule has 0 radical (unpaired) electrons. The fourth-order valence-corrected chi connectivity index (χ4v) is 3.00. The van der Waals surface area contributed by atoms with Crippen LogP contribution in [0.5, 0.6) is 5.75 Å². The number of nitrogens with one attached hydrogen (secondary N) is 1. The zero-order valence-electron chi connectivity index (χ0n) is 16.3. The molecule has 9 nitrogen and oxygen atoms in total. The van der Waals surface area contributed by atoms with E-state index in [0.717, 1.165) is 12.3 Å². The largest absolute Gasteiger partial charge is 0.573 e. The van der Waals surface area contributed by atoms with Gasteiger partial charge in [0.15, 0.2) is 0 Å². The number of carbonyl (C=O) groups is 3. The van der Waals surface area contributed by atoms with Crippen molar-refractivity contribution in [1.82, 2.24) is 4.98 Å². The van der Waals surface area contributed by atoms with Gasteiger partial charge in [0, 0.05) is 5.54 Å². The Morgan fingerprint density at radius 1 is 0.912 bits per heavy atom. The Morgan fingerprint density at radius 2 is 1.32 bits per heavy atom. The molecule has 1 amide bonds. The van der Waals surface area contributed by atoms with E-state index in [1.54, 1.807) is 0 Å². The van der Waals surface area contributed by atoms with Gasteiger partial charge in [-0.25, -0.2) is 14.6 Å². The van der Waals surface area contributed by atoms with E-state index in [4.69, 9.17) is 25.5 Å². The first kappa shape index (κ1) is 28.7. The normalized spacial score (nSPS) is 22.9. The van der Waals surface area contributed by atoms with Crippen molar-refractivity contribution in [3.05, 3.63) is 18.3 Å². The molecule has 3 aliphatic rings. The van der Waals surface area contributed by atoms with E-state index in [9.17, 15) is 44.3 Å². The zero-order valence-corrected chi connectivity index (χ0v) is 16.3. The summed E-state index contributed by atoms with van der Waals surface area (Å²) in [7, 11) is 0. The number of aromatic nitrogens is 1. The van der Waals surface area contributed by atoms with Crippen molar-refractivity contribution in [3.8, 4) is 5.75 Å². The van der Waals surface area contributed by atoms with Gasteiger partial charge in [-0.3, -0.25) is 4.79 Å². The van der Waals surface area contributed by atoms with Crippen molar-refractivity contribution in [2.75, 3.05) is 5.32 Å². The minimum atomic E-state index is -5.08. The molecule has 0 atom stereocenters. The van der Waals surface area contributed by atoms with Crippen molar-refractivity contribution in [3.63, 3.8) is 0 Å². The molecule has 18 heteroatoms. The summed E-state index contributed by atoms with van der Waals surface area (Å²) in [6.07, 6.45) is -12.0. The number of hydrogen-bond donors (Lipinski definition) is 4. The van der Waals surface area contributed by atoms with Gasteiger partial charge in [-0.2, -0.15) is 26.3 Å². The SMILES string of the molecule is NC12CC(C(=O)Nc3ccc(OC(F)(F)F)cn3)(C1)C2.O=C(O)C(F)(F)F.O=C(O)C(F)(F)F. The van der Waals surface area contributed by atoms with Gasteiger partial charge in [-0.15, -0.1) is 13.2 Å². The van der Waals surface area contributed by atoms with Crippen LogP contribution >= 0.6 is 0 Å². The molecule has 192 valence electrons. The number of carboxylic acid groups (broad SMARTS) is 2. The van der Waals surface area contributed by atoms with Gasteiger partial charge in [0.2, 0.25) is 5.91 Å². The maximum absolute atomic E-state index is 12.0. The second-order valence-corrected chi connectivity index (χ2v) is 7.16. The maximum atomic E-state index is 12.0. The third-order valence-electron chi connectivity index (χ3n) is 4.25. The fourth-order valence-electron chi connectivity index (χ4n) is 3.00. The summed E-state index contributed by atoms with van der Waals surface area (Å²) >= 11 is 0. The van der Waals surface area contributed by atoms with Crippen molar-refractivity contribution in [1.29, 1.82) is 0 Å². The molecule has 0 spiro atoms. The number of nitrogens with two attached hydrogens (primary N) is 1. The highest BCUT2D eigenvalue weighted by Crippen LogP contribution is 2.66. The summed E-state index contributed by atoms with van der Waals surface area (Å²) in [6, 6.07) is 2.37. The number of halogens is 9. The monoisotopic (exact) mass is 515 g/mol. The van der Waals surface area contributed by atoms with Crippen LogP contribution in [0.4, 0.5) is 45.3 Å². The number of alkyl halides is 9. The second kappa shape index (κ2) is 9.51. The molecule has 0 unspecified atom stereocenters. The molecule has 4 rings (SSSR count). The Balaban J connectivity index is 0.000000343. The van der Waals surface area contributed by atoms with E-state index >= 15 is 0 Å². The Kier molecular flexibility index (Phi) is 8.03. The lowest BCUT2D eigenvalue weighted by molar-refractivity contribution is -0.274. The first-order valence-electron chi connectivity index (χ1n) is 8.51. The zero-order chi connectivity index (χ0) is 26.8. The molecule has 3 saturated carbocycles. The molecule has 3 aliphatic carbocycles. The quantitative estimate of drug-likeness (QED) is 0.449. The maximum Gasteiger partial charge on any atom is 0.573 e. The van der Waals surface area contributed by atoms with Crippen LogP contribution < -0.4 is 15.8 Å². The van der Waals surface area contributed by atoms with Crippen LogP contribution in [-0.4, -0.2) is 57.3 Å². The van der Waals surface area contributed by atoms with Crippen LogP contribution in [0.3, 0.4) is 0 Å².